The molecule has 1 aromatic heterocycles. The second-order valence-electron chi connectivity index (χ2n) is 4.44. The molecule has 0 amide bonds. The van der Waals surface area contributed by atoms with Crippen LogP contribution in [0.4, 0.5) is 5.82 Å². The molecule has 0 aromatic carbocycles. The van der Waals surface area contributed by atoms with Crippen LogP contribution < -0.4 is 5.73 Å². The first-order valence-corrected chi connectivity index (χ1v) is 5.26. The monoisotopic (exact) mass is 208 g/mol. The van der Waals surface area contributed by atoms with Gasteiger partial charge in [-0.2, -0.15) is 0 Å². The summed E-state index contributed by atoms with van der Waals surface area (Å²) in [5.41, 5.74) is 6.59. The van der Waals surface area contributed by atoms with Crippen molar-refractivity contribution in [1.82, 2.24) is 14.9 Å². The van der Waals surface area contributed by atoms with Gasteiger partial charge in [0.05, 0.1) is 6.54 Å². The molecule has 84 valence electrons. The van der Waals surface area contributed by atoms with Gasteiger partial charge in [0.25, 0.3) is 0 Å². The van der Waals surface area contributed by atoms with E-state index in [1.165, 1.54) is 0 Å². The first-order valence-electron chi connectivity index (χ1n) is 5.26. The lowest BCUT2D eigenvalue weighted by atomic mass is 10.2. The average Bonchev–Trinajstić information content (AvgIpc) is 1.98. The van der Waals surface area contributed by atoms with E-state index in [1.807, 2.05) is 6.92 Å². The third kappa shape index (κ3) is 4.25. The van der Waals surface area contributed by atoms with Crippen LogP contribution in [0.3, 0.4) is 0 Å². The van der Waals surface area contributed by atoms with Crippen LogP contribution in [0.25, 0.3) is 0 Å². The topological polar surface area (TPSA) is 55.0 Å². The van der Waals surface area contributed by atoms with E-state index in [1.54, 1.807) is 6.07 Å². The van der Waals surface area contributed by atoms with Crippen molar-refractivity contribution in [3.63, 3.8) is 0 Å². The van der Waals surface area contributed by atoms with Crippen LogP contribution in [0, 0.1) is 12.8 Å². The molecule has 0 aliphatic rings. The molecule has 0 unspecified atom stereocenters. The second kappa shape index (κ2) is 5.07. The third-order valence-electron chi connectivity index (χ3n) is 2.01. The van der Waals surface area contributed by atoms with E-state index in [0.717, 1.165) is 24.6 Å². The Labute approximate surface area is 91.5 Å². The summed E-state index contributed by atoms with van der Waals surface area (Å²) in [4.78, 5) is 10.8. The van der Waals surface area contributed by atoms with Gasteiger partial charge in [-0.1, -0.05) is 13.8 Å². The van der Waals surface area contributed by atoms with Gasteiger partial charge < -0.3 is 5.73 Å². The predicted molar refractivity (Wildman–Crippen MR) is 62.4 cm³/mol. The molecule has 0 saturated heterocycles. The number of hydrogen-bond donors (Lipinski definition) is 1. The highest BCUT2D eigenvalue weighted by Gasteiger charge is 2.06. The highest BCUT2D eigenvalue weighted by Crippen LogP contribution is 2.05. The van der Waals surface area contributed by atoms with Crippen LogP contribution in [-0.4, -0.2) is 28.5 Å². The van der Waals surface area contributed by atoms with Crippen LogP contribution in [0.2, 0.25) is 0 Å². The van der Waals surface area contributed by atoms with E-state index < -0.39 is 0 Å². The van der Waals surface area contributed by atoms with Gasteiger partial charge in [-0.15, -0.1) is 0 Å². The number of nitrogens with zero attached hydrogens (tertiary/aromatic N) is 3. The van der Waals surface area contributed by atoms with Crippen LogP contribution in [0.15, 0.2) is 6.07 Å². The lowest BCUT2D eigenvalue weighted by Gasteiger charge is -2.18. The number of hydrogen-bond acceptors (Lipinski definition) is 4. The predicted octanol–water partition coefficient (Wildman–Crippen LogP) is 1.46. The number of nitrogen functional groups attached to an aromatic ring is 1. The summed E-state index contributed by atoms with van der Waals surface area (Å²) in [6.45, 7) is 8.12. The Hall–Kier alpha value is -1.16. The van der Waals surface area contributed by atoms with Gasteiger partial charge in [0, 0.05) is 18.3 Å². The number of aryl methyl sites for hydroxylation is 1. The molecule has 1 heterocycles. The molecule has 0 spiro atoms. The Kier molecular flexibility index (Phi) is 4.03. The Morgan fingerprint density at radius 2 is 2.07 bits per heavy atom. The van der Waals surface area contributed by atoms with E-state index in [2.05, 4.69) is 35.8 Å². The number of rotatable bonds is 4. The van der Waals surface area contributed by atoms with Crippen molar-refractivity contribution < 1.29 is 0 Å². The molecule has 0 fully saturated rings. The average molecular weight is 208 g/mol. The maximum Gasteiger partial charge on any atom is 0.144 e. The number of nitrogens with two attached hydrogens (primary N) is 1. The van der Waals surface area contributed by atoms with E-state index in [9.17, 15) is 0 Å². The van der Waals surface area contributed by atoms with E-state index in [4.69, 9.17) is 5.73 Å². The van der Waals surface area contributed by atoms with Crippen LogP contribution >= 0.6 is 0 Å². The molecular weight excluding hydrogens is 188 g/mol. The Balaban J connectivity index is 2.63. The van der Waals surface area contributed by atoms with Gasteiger partial charge in [-0.25, -0.2) is 9.97 Å². The fourth-order valence-electron chi connectivity index (χ4n) is 1.66. The summed E-state index contributed by atoms with van der Waals surface area (Å²) in [6, 6.07) is 1.78. The highest BCUT2D eigenvalue weighted by atomic mass is 15.1. The molecule has 0 aliphatic carbocycles. The van der Waals surface area contributed by atoms with Crippen LogP contribution in [0.5, 0.6) is 0 Å². The fourth-order valence-corrected chi connectivity index (χ4v) is 1.66. The van der Waals surface area contributed by atoms with Gasteiger partial charge in [-0.05, 0) is 19.9 Å². The molecule has 2 N–H and O–H groups in total. The van der Waals surface area contributed by atoms with Crippen LogP contribution in [0.1, 0.15) is 25.4 Å². The minimum Gasteiger partial charge on any atom is -0.384 e. The van der Waals surface area contributed by atoms with Crippen molar-refractivity contribution in [2.24, 2.45) is 5.92 Å². The summed E-state index contributed by atoms with van der Waals surface area (Å²) in [6.07, 6.45) is 0. The molecule has 0 radical (unpaired) electrons. The second-order valence-corrected chi connectivity index (χ2v) is 4.44. The molecule has 4 heteroatoms. The largest absolute Gasteiger partial charge is 0.384 e. The maximum atomic E-state index is 5.67. The van der Waals surface area contributed by atoms with E-state index >= 15 is 0 Å². The molecule has 0 saturated carbocycles. The smallest absolute Gasteiger partial charge is 0.144 e. The molecular formula is C11H20N4. The van der Waals surface area contributed by atoms with Crippen molar-refractivity contribution in [3.8, 4) is 0 Å². The molecule has 1 rings (SSSR count). The fraction of sp³-hybridized carbons (Fsp3) is 0.636. The number of anilines is 1. The van der Waals surface area contributed by atoms with Crippen molar-refractivity contribution in [2.45, 2.75) is 27.3 Å². The quantitative estimate of drug-likeness (QED) is 0.813. The highest BCUT2D eigenvalue weighted by molar-refractivity contribution is 5.29. The van der Waals surface area contributed by atoms with Gasteiger partial charge in [0.15, 0.2) is 0 Å². The zero-order valence-corrected chi connectivity index (χ0v) is 9.99. The molecule has 0 atom stereocenters. The standard InChI is InChI=1S/C11H20N4/c1-8(2)6-15(4)7-11-13-9(3)5-10(12)14-11/h5,8H,6-7H2,1-4H3,(H2,12,13,14). The van der Waals surface area contributed by atoms with Crippen LogP contribution in [-0.2, 0) is 6.54 Å². The van der Waals surface area contributed by atoms with E-state index in [-0.39, 0.29) is 0 Å². The zero-order chi connectivity index (χ0) is 11.4. The third-order valence-corrected chi connectivity index (χ3v) is 2.01. The molecule has 1 aromatic rings. The summed E-state index contributed by atoms with van der Waals surface area (Å²) >= 11 is 0. The van der Waals surface area contributed by atoms with Crippen molar-refractivity contribution in [3.05, 3.63) is 17.6 Å². The van der Waals surface area contributed by atoms with Gasteiger partial charge in [0.1, 0.15) is 11.6 Å². The van der Waals surface area contributed by atoms with Crippen molar-refractivity contribution in [1.29, 1.82) is 0 Å². The normalized spacial score (nSPS) is 11.3. The molecule has 0 aliphatic heterocycles. The summed E-state index contributed by atoms with van der Waals surface area (Å²) in [5.74, 6) is 2.00. The minimum absolute atomic E-state index is 0.551. The lowest BCUT2D eigenvalue weighted by molar-refractivity contribution is 0.282. The molecule has 4 nitrogen and oxygen atoms in total. The summed E-state index contributed by atoms with van der Waals surface area (Å²) < 4.78 is 0. The van der Waals surface area contributed by atoms with Gasteiger partial charge in [-0.3, -0.25) is 4.90 Å². The lowest BCUT2D eigenvalue weighted by Crippen LogP contribution is -2.24. The summed E-state index contributed by atoms with van der Waals surface area (Å²) in [5, 5.41) is 0. The first kappa shape index (κ1) is 11.9. The maximum absolute atomic E-state index is 5.67. The Morgan fingerprint density at radius 3 is 2.60 bits per heavy atom. The molecule has 15 heavy (non-hydrogen) atoms. The van der Waals surface area contributed by atoms with Gasteiger partial charge in [0.2, 0.25) is 0 Å². The SMILES string of the molecule is Cc1cc(N)nc(CN(C)CC(C)C)n1. The Morgan fingerprint density at radius 1 is 1.40 bits per heavy atom. The molecule has 0 bridgehead atoms. The first-order chi connectivity index (χ1) is 6.97. The van der Waals surface area contributed by atoms with Crippen molar-refractivity contribution in [2.75, 3.05) is 19.3 Å². The van der Waals surface area contributed by atoms with Gasteiger partial charge >= 0.3 is 0 Å². The van der Waals surface area contributed by atoms with Crippen molar-refractivity contribution >= 4 is 5.82 Å². The summed E-state index contributed by atoms with van der Waals surface area (Å²) in [7, 11) is 2.07. The minimum atomic E-state index is 0.551. The number of aromatic nitrogens is 2. The zero-order valence-electron chi connectivity index (χ0n) is 9.99. The Bertz CT molecular complexity index is 302. The van der Waals surface area contributed by atoms with E-state index in [0.29, 0.717) is 11.7 Å².